The highest BCUT2D eigenvalue weighted by Crippen LogP contribution is 2.35. The normalized spacial score (nSPS) is 33.2. The third-order valence-electron chi connectivity index (χ3n) is 8.29. The van der Waals surface area contributed by atoms with Gasteiger partial charge in [-0.3, -0.25) is 9.59 Å². The second-order valence-electron chi connectivity index (χ2n) is 10.8. The molecule has 0 amide bonds. The molecule has 0 aliphatic heterocycles. The van der Waals surface area contributed by atoms with Crippen LogP contribution in [0.3, 0.4) is 0 Å². The van der Waals surface area contributed by atoms with Crippen LogP contribution in [0.2, 0.25) is 0 Å². The highest BCUT2D eigenvalue weighted by molar-refractivity contribution is 5.79. The van der Waals surface area contributed by atoms with Gasteiger partial charge >= 0.3 is 0 Å². The first-order valence-electron chi connectivity index (χ1n) is 12.9. The number of aliphatic hydroxyl groups is 2. The van der Waals surface area contributed by atoms with E-state index in [-0.39, 0.29) is 20.6 Å². The Morgan fingerprint density at radius 3 is 1.03 bits per heavy atom. The Morgan fingerprint density at radius 1 is 0.484 bits per heavy atom. The van der Waals surface area contributed by atoms with Crippen molar-refractivity contribution in [3.63, 3.8) is 0 Å². The molecule has 4 rings (SSSR count). The predicted molar refractivity (Wildman–Crippen MR) is 125 cm³/mol. The Labute approximate surface area is 191 Å². The first-order valence-corrected chi connectivity index (χ1v) is 12.9. The van der Waals surface area contributed by atoms with Gasteiger partial charge in [0.1, 0.15) is 11.6 Å². The third-order valence-corrected chi connectivity index (χ3v) is 8.29. The number of carbonyl (C=O) groups excluding carboxylic acids is 2. The van der Waals surface area contributed by atoms with Crippen molar-refractivity contribution in [2.45, 2.75) is 128 Å². The highest BCUT2D eigenvalue weighted by atomic mass is 16.3. The van der Waals surface area contributed by atoms with Crippen LogP contribution in [0.5, 0.6) is 0 Å². The van der Waals surface area contributed by atoms with Gasteiger partial charge in [-0.2, -0.15) is 0 Å². The van der Waals surface area contributed by atoms with E-state index in [9.17, 15) is 19.8 Å². The lowest BCUT2D eigenvalue weighted by Gasteiger charge is -2.31. The lowest BCUT2D eigenvalue weighted by molar-refractivity contribution is -0.121. The maximum atomic E-state index is 11.1. The van der Waals surface area contributed by atoms with Gasteiger partial charge in [-0.1, -0.05) is 0 Å². The van der Waals surface area contributed by atoms with Gasteiger partial charge in [0, 0.05) is 34.1 Å². The number of Topliss-reactive ketones (excluding diaryl/α,β-unsaturated/α-hetero) is 2. The van der Waals surface area contributed by atoms with Crippen molar-refractivity contribution in [2.24, 2.45) is 23.7 Å². The van der Waals surface area contributed by atoms with Crippen molar-refractivity contribution in [1.82, 2.24) is 0 Å². The minimum Gasteiger partial charge on any atom is -0.393 e. The molecule has 175 valence electrons. The van der Waals surface area contributed by atoms with E-state index in [0.717, 1.165) is 101 Å². The molecule has 4 nitrogen and oxygen atoms in total. The zero-order valence-electron chi connectivity index (χ0n) is 19.5. The van der Waals surface area contributed by atoms with Crippen LogP contribution in [-0.4, -0.2) is 42.4 Å². The SMILES string of the molecule is O=C1CCC(CC2CCC(=O)CC2)CC1.OC1CCC(CC2CCC(O)CC2)CC1.[B]. The van der Waals surface area contributed by atoms with Crippen LogP contribution in [0, 0.1) is 23.7 Å². The molecule has 0 heterocycles. The number of hydrogen-bond acceptors (Lipinski definition) is 4. The van der Waals surface area contributed by atoms with Gasteiger partial charge in [0.15, 0.2) is 0 Å². The standard InChI is InChI=1S/C13H24O2.C13H20O2.B/c2*14-12-5-1-10(2-6-12)9-11-3-7-13(15)8-4-11;/h10-15H,1-9H2;10-11H,1-9H2;. The molecule has 0 atom stereocenters. The summed E-state index contributed by atoms with van der Waals surface area (Å²) in [6.45, 7) is 0. The van der Waals surface area contributed by atoms with E-state index < -0.39 is 0 Å². The van der Waals surface area contributed by atoms with E-state index in [0.29, 0.717) is 11.6 Å². The maximum Gasteiger partial charge on any atom is 0.132 e. The van der Waals surface area contributed by atoms with Crippen LogP contribution in [0.25, 0.3) is 0 Å². The number of carbonyl (C=O) groups is 2. The van der Waals surface area contributed by atoms with E-state index in [2.05, 4.69) is 0 Å². The monoisotopic (exact) mass is 431 g/mol. The smallest absolute Gasteiger partial charge is 0.132 e. The van der Waals surface area contributed by atoms with Crippen LogP contribution in [0.15, 0.2) is 0 Å². The molecular formula is C26H44BO4. The summed E-state index contributed by atoms with van der Waals surface area (Å²) < 4.78 is 0. The molecule has 0 spiro atoms. The van der Waals surface area contributed by atoms with E-state index in [4.69, 9.17) is 0 Å². The average Bonchev–Trinajstić information content (AvgIpc) is 2.75. The molecule has 31 heavy (non-hydrogen) atoms. The largest absolute Gasteiger partial charge is 0.393 e. The van der Waals surface area contributed by atoms with Crippen molar-refractivity contribution in [3.8, 4) is 0 Å². The minimum absolute atomic E-state index is 0. The fourth-order valence-corrected chi connectivity index (χ4v) is 6.17. The summed E-state index contributed by atoms with van der Waals surface area (Å²) in [6, 6.07) is 0. The molecule has 4 aliphatic rings. The summed E-state index contributed by atoms with van der Waals surface area (Å²) in [6.07, 6.45) is 19.1. The Hall–Kier alpha value is -0.675. The second kappa shape index (κ2) is 13.8. The molecule has 0 aromatic carbocycles. The molecule has 3 radical (unpaired) electrons. The average molecular weight is 431 g/mol. The molecule has 4 aliphatic carbocycles. The fraction of sp³-hybridized carbons (Fsp3) is 0.923. The van der Waals surface area contributed by atoms with Gasteiger partial charge in [-0.25, -0.2) is 0 Å². The van der Waals surface area contributed by atoms with Crippen molar-refractivity contribution >= 4 is 20.0 Å². The molecular weight excluding hydrogens is 387 g/mol. The molecule has 0 aromatic rings. The molecule has 2 N–H and O–H groups in total. The summed E-state index contributed by atoms with van der Waals surface area (Å²) in [5.41, 5.74) is 0. The van der Waals surface area contributed by atoms with Crippen molar-refractivity contribution in [3.05, 3.63) is 0 Å². The van der Waals surface area contributed by atoms with Crippen LogP contribution >= 0.6 is 0 Å². The number of ketones is 2. The van der Waals surface area contributed by atoms with Gasteiger partial charge < -0.3 is 10.2 Å². The Morgan fingerprint density at radius 2 is 0.742 bits per heavy atom. The maximum absolute atomic E-state index is 11.1. The molecule has 5 heteroatoms. The Bertz CT molecular complexity index is 470. The van der Waals surface area contributed by atoms with Gasteiger partial charge in [-0.15, -0.1) is 0 Å². The molecule has 0 bridgehead atoms. The summed E-state index contributed by atoms with van der Waals surface area (Å²) in [5.74, 6) is 4.14. The lowest BCUT2D eigenvalue weighted by Crippen LogP contribution is -2.23. The van der Waals surface area contributed by atoms with E-state index in [1.54, 1.807) is 0 Å². The Balaban J connectivity index is 0.000000213. The van der Waals surface area contributed by atoms with Crippen LogP contribution in [0.1, 0.15) is 116 Å². The lowest BCUT2D eigenvalue weighted by atomic mass is 9.76. The predicted octanol–water partition coefficient (Wildman–Crippen LogP) is 4.99. The van der Waals surface area contributed by atoms with E-state index in [1.165, 1.54) is 38.5 Å². The van der Waals surface area contributed by atoms with Gasteiger partial charge in [0.2, 0.25) is 0 Å². The van der Waals surface area contributed by atoms with Gasteiger partial charge in [0.05, 0.1) is 12.2 Å². The topological polar surface area (TPSA) is 74.6 Å². The zero-order chi connectivity index (χ0) is 21.3. The van der Waals surface area contributed by atoms with Crippen LogP contribution in [-0.2, 0) is 9.59 Å². The summed E-state index contributed by atoms with van der Waals surface area (Å²) >= 11 is 0. The number of hydrogen-bond donors (Lipinski definition) is 2. The quantitative estimate of drug-likeness (QED) is 0.615. The first kappa shape index (κ1) is 26.6. The van der Waals surface area contributed by atoms with E-state index >= 15 is 0 Å². The minimum atomic E-state index is -0.0190. The fourth-order valence-electron chi connectivity index (χ4n) is 6.17. The molecule has 4 fully saturated rings. The summed E-state index contributed by atoms with van der Waals surface area (Å²) in [7, 11) is 0. The summed E-state index contributed by atoms with van der Waals surface area (Å²) in [4.78, 5) is 22.2. The van der Waals surface area contributed by atoms with Crippen LogP contribution < -0.4 is 0 Å². The second-order valence-corrected chi connectivity index (χ2v) is 10.8. The number of rotatable bonds is 4. The summed E-state index contributed by atoms with van der Waals surface area (Å²) in [5, 5.41) is 18.9. The molecule has 0 saturated heterocycles. The highest BCUT2D eigenvalue weighted by Gasteiger charge is 2.26. The van der Waals surface area contributed by atoms with Crippen molar-refractivity contribution in [2.75, 3.05) is 0 Å². The van der Waals surface area contributed by atoms with Crippen molar-refractivity contribution in [1.29, 1.82) is 0 Å². The first-order chi connectivity index (χ1) is 14.5. The molecule has 0 aromatic heterocycles. The molecule has 4 saturated carbocycles. The molecule has 0 unspecified atom stereocenters. The van der Waals surface area contributed by atoms with Gasteiger partial charge in [0.25, 0.3) is 0 Å². The van der Waals surface area contributed by atoms with Crippen LogP contribution in [0.4, 0.5) is 0 Å². The number of aliphatic hydroxyl groups excluding tert-OH is 2. The Kier molecular flexibility index (Phi) is 11.8. The third kappa shape index (κ3) is 9.78. The van der Waals surface area contributed by atoms with E-state index in [1.807, 2.05) is 0 Å². The van der Waals surface area contributed by atoms with Crippen molar-refractivity contribution < 1.29 is 19.8 Å². The zero-order valence-corrected chi connectivity index (χ0v) is 19.5. The van der Waals surface area contributed by atoms with Gasteiger partial charge in [-0.05, 0) is 114 Å².